The molecule has 0 bridgehead atoms. The predicted molar refractivity (Wildman–Crippen MR) is 73.6 cm³/mol. The third-order valence-electron chi connectivity index (χ3n) is 3.26. The smallest absolute Gasteiger partial charge is 0.135 e. The highest BCUT2D eigenvalue weighted by molar-refractivity contribution is 5.79. The van der Waals surface area contributed by atoms with Crippen molar-refractivity contribution in [2.24, 2.45) is 5.92 Å². The molecule has 0 amide bonds. The third-order valence-corrected chi connectivity index (χ3v) is 3.26. The Morgan fingerprint density at radius 3 is 2.47 bits per heavy atom. The molecule has 19 heavy (non-hydrogen) atoms. The van der Waals surface area contributed by atoms with Crippen LogP contribution in [-0.4, -0.2) is 25.1 Å². The van der Waals surface area contributed by atoms with Crippen LogP contribution in [0.4, 0.5) is 0 Å². The Hall–Kier alpha value is -1.55. The van der Waals surface area contributed by atoms with E-state index >= 15 is 0 Å². The van der Waals surface area contributed by atoms with Crippen LogP contribution >= 0.6 is 0 Å². The van der Waals surface area contributed by atoms with E-state index in [4.69, 9.17) is 9.47 Å². The highest BCUT2D eigenvalue weighted by Crippen LogP contribution is 2.35. The fourth-order valence-corrected chi connectivity index (χ4v) is 2.17. The Balaban J connectivity index is 3.09. The summed E-state index contributed by atoms with van der Waals surface area (Å²) in [5, 5.41) is 10.4. The lowest BCUT2D eigenvalue weighted by atomic mass is 9.88. The van der Waals surface area contributed by atoms with Gasteiger partial charge in [-0.3, -0.25) is 4.79 Å². The van der Waals surface area contributed by atoms with Crippen molar-refractivity contribution in [3.63, 3.8) is 0 Å². The first kappa shape index (κ1) is 15.5. The molecule has 1 N–H and O–H groups in total. The lowest BCUT2D eigenvalue weighted by Crippen LogP contribution is -2.20. The van der Waals surface area contributed by atoms with Gasteiger partial charge in [-0.1, -0.05) is 13.3 Å². The maximum atomic E-state index is 11.6. The summed E-state index contributed by atoms with van der Waals surface area (Å²) in [5.74, 6) is 0.788. The average molecular weight is 266 g/mol. The number of ketones is 1. The van der Waals surface area contributed by atoms with E-state index in [-0.39, 0.29) is 5.78 Å². The molecule has 0 radical (unpaired) electrons. The Morgan fingerprint density at radius 2 is 2.00 bits per heavy atom. The largest absolute Gasteiger partial charge is 0.497 e. The maximum Gasteiger partial charge on any atom is 0.135 e. The molecule has 106 valence electrons. The second-order valence-electron chi connectivity index (χ2n) is 4.56. The summed E-state index contributed by atoms with van der Waals surface area (Å²) in [6.07, 6.45) is 0.657. The Morgan fingerprint density at radius 1 is 1.32 bits per heavy atom. The van der Waals surface area contributed by atoms with Crippen LogP contribution in [-0.2, 0) is 4.79 Å². The molecule has 0 aliphatic heterocycles. The Labute approximate surface area is 114 Å². The number of ether oxygens (including phenoxy) is 2. The van der Waals surface area contributed by atoms with Crippen LogP contribution in [0.15, 0.2) is 18.2 Å². The van der Waals surface area contributed by atoms with Crippen molar-refractivity contribution in [2.75, 3.05) is 14.2 Å². The summed E-state index contributed by atoms with van der Waals surface area (Å²) < 4.78 is 10.4. The number of methoxy groups -OCH3 is 2. The monoisotopic (exact) mass is 266 g/mol. The molecule has 0 fully saturated rings. The number of carbonyl (C=O) groups excluding carboxylic acids is 1. The van der Waals surface area contributed by atoms with Crippen molar-refractivity contribution in [1.29, 1.82) is 0 Å². The minimum atomic E-state index is -0.849. The molecule has 1 aromatic rings. The van der Waals surface area contributed by atoms with Gasteiger partial charge in [0.1, 0.15) is 17.3 Å². The lowest BCUT2D eigenvalue weighted by Gasteiger charge is -2.22. The average Bonchev–Trinajstić information content (AvgIpc) is 2.42. The number of aliphatic hydroxyl groups excluding tert-OH is 1. The maximum absolute atomic E-state index is 11.6. The zero-order valence-corrected chi connectivity index (χ0v) is 12.0. The fraction of sp³-hybridized carbons (Fsp3) is 0.533. The topological polar surface area (TPSA) is 55.8 Å². The minimum Gasteiger partial charge on any atom is -0.497 e. The van der Waals surface area contributed by atoms with Crippen LogP contribution < -0.4 is 9.47 Å². The van der Waals surface area contributed by atoms with Gasteiger partial charge in [0.25, 0.3) is 0 Å². The number of benzene rings is 1. The van der Waals surface area contributed by atoms with Crippen LogP contribution in [0.2, 0.25) is 0 Å². The van der Waals surface area contributed by atoms with E-state index in [9.17, 15) is 9.90 Å². The van der Waals surface area contributed by atoms with Crippen molar-refractivity contribution in [1.82, 2.24) is 0 Å². The SMILES string of the molecule is CCC[C@H](C(C)=O)[C@H](O)c1ccc(OC)cc1OC. The fourth-order valence-electron chi connectivity index (χ4n) is 2.17. The molecule has 0 aliphatic carbocycles. The van der Waals surface area contributed by atoms with E-state index in [1.54, 1.807) is 25.3 Å². The third kappa shape index (κ3) is 3.70. The zero-order chi connectivity index (χ0) is 14.4. The van der Waals surface area contributed by atoms with Crippen LogP contribution in [0.5, 0.6) is 11.5 Å². The highest BCUT2D eigenvalue weighted by atomic mass is 16.5. The van der Waals surface area contributed by atoms with E-state index in [1.807, 2.05) is 6.92 Å². The highest BCUT2D eigenvalue weighted by Gasteiger charge is 2.26. The molecule has 0 aliphatic rings. The summed E-state index contributed by atoms with van der Waals surface area (Å²) >= 11 is 0. The number of carbonyl (C=O) groups is 1. The molecule has 0 aromatic heterocycles. The van der Waals surface area contributed by atoms with Gasteiger partial charge in [-0.25, -0.2) is 0 Å². The van der Waals surface area contributed by atoms with E-state index in [1.165, 1.54) is 14.0 Å². The van der Waals surface area contributed by atoms with Crippen molar-refractivity contribution < 1.29 is 19.4 Å². The van der Waals surface area contributed by atoms with E-state index < -0.39 is 12.0 Å². The first-order chi connectivity index (χ1) is 9.04. The lowest BCUT2D eigenvalue weighted by molar-refractivity contribution is -0.124. The van der Waals surface area contributed by atoms with Gasteiger partial charge in [0.05, 0.1) is 20.3 Å². The first-order valence-corrected chi connectivity index (χ1v) is 6.45. The van der Waals surface area contributed by atoms with Crippen molar-refractivity contribution >= 4 is 5.78 Å². The Kier molecular flexibility index (Phi) is 5.83. The Bertz CT molecular complexity index is 428. The second-order valence-corrected chi connectivity index (χ2v) is 4.56. The molecule has 0 saturated heterocycles. The van der Waals surface area contributed by atoms with Gasteiger partial charge in [0, 0.05) is 17.5 Å². The van der Waals surface area contributed by atoms with Gasteiger partial charge in [0.15, 0.2) is 0 Å². The number of rotatable bonds is 7. The molecular formula is C15H22O4. The quantitative estimate of drug-likeness (QED) is 0.824. The number of hydrogen-bond donors (Lipinski definition) is 1. The van der Waals surface area contributed by atoms with Crippen molar-refractivity contribution in [3.8, 4) is 11.5 Å². The molecule has 4 heteroatoms. The minimum absolute atomic E-state index is 0.00720. The van der Waals surface area contributed by atoms with Gasteiger partial charge in [0.2, 0.25) is 0 Å². The summed E-state index contributed by atoms with van der Waals surface area (Å²) in [5.41, 5.74) is 0.622. The molecule has 0 spiro atoms. The molecular weight excluding hydrogens is 244 g/mol. The van der Waals surface area contributed by atoms with Gasteiger partial charge >= 0.3 is 0 Å². The summed E-state index contributed by atoms with van der Waals surface area (Å²) in [7, 11) is 3.11. The van der Waals surface area contributed by atoms with Crippen LogP contribution in [0, 0.1) is 5.92 Å². The summed E-state index contributed by atoms with van der Waals surface area (Å²) in [6.45, 7) is 3.51. The summed E-state index contributed by atoms with van der Waals surface area (Å²) in [6, 6.07) is 5.21. The predicted octanol–water partition coefficient (Wildman–Crippen LogP) is 2.74. The van der Waals surface area contributed by atoms with Gasteiger partial charge < -0.3 is 14.6 Å². The van der Waals surface area contributed by atoms with E-state index in [0.29, 0.717) is 23.5 Å². The standard InChI is InChI=1S/C15H22O4/c1-5-6-12(10(2)16)15(17)13-8-7-11(18-3)9-14(13)19-4/h7-9,12,15,17H,5-6H2,1-4H3/t12-,15+/m1/s1. The van der Waals surface area contributed by atoms with E-state index in [2.05, 4.69) is 0 Å². The molecule has 0 unspecified atom stereocenters. The molecule has 0 saturated carbocycles. The van der Waals surface area contributed by atoms with Crippen LogP contribution in [0.3, 0.4) is 0 Å². The number of Topliss-reactive ketones (excluding diaryl/α,β-unsaturated/α-hetero) is 1. The first-order valence-electron chi connectivity index (χ1n) is 6.45. The van der Waals surface area contributed by atoms with Crippen LogP contribution in [0.1, 0.15) is 38.4 Å². The normalized spacial score (nSPS) is 13.7. The molecule has 2 atom stereocenters. The summed E-state index contributed by atoms with van der Waals surface area (Å²) in [4.78, 5) is 11.6. The van der Waals surface area contributed by atoms with Gasteiger partial charge in [-0.2, -0.15) is 0 Å². The second kappa shape index (κ2) is 7.14. The zero-order valence-electron chi connectivity index (χ0n) is 12.0. The molecule has 4 nitrogen and oxygen atoms in total. The molecule has 1 rings (SSSR count). The number of hydrogen-bond acceptors (Lipinski definition) is 4. The van der Waals surface area contributed by atoms with Gasteiger partial charge in [-0.05, 0) is 25.5 Å². The van der Waals surface area contributed by atoms with Crippen molar-refractivity contribution in [2.45, 2.75) is 32.8 Å². The van der Waals surface area contributed by atoms with E-state index in [0.717, 1.165) is 6.42 Å². The molecule has 0 heterocycles. The van der Waals surface area contributed by atoms with Crippen molar-refractivity contribution in [3.05, 3.63) is 23.8 Å². The van der Waals surface area contributed by atoms with Gasteiger partial charge in [-0.15, -0.1) is 0 Å². The number of aliphatic hydroxyl groups is 1. The molecule has 1 aromatic carbocycles. The van der Waals surface area contributed by atoms with Crippen LogP contribution in [0.25, 0.3) is 0 Å².